The van der Waals surface area contributed by atoms with Gasteiger partial charge in [-0.3, -0.25) is 14.5 Å². The second kappa shape index (κ2) is 4.22. The van der Waals surface area contributed by atoms with Crippen molar-refractivity contribution in [1.82, 2.24) is 4.90 Å². The SMILES string of the molecule is C=CCC(C#N)N1C(=O)c2ccccc2C1=O. The molecule has 1 aliphatic rings. The van der Waals surface area contributed by atoms with Gasteiger partial charge in [-0.2, -0.15) is 5.26 Å². The molecule has 1 aromatic carbocycles. The number of carbonyl (C=O) groups is 2. The molecule has 1 heterocycles. The van der Waals surface area contributed by atoms with Gasteiger partial charge in [0.1, 0.15) is 6.04 Å². The summed E-state index contributed by atoms with van der Waals surface area (Å²) in [5.74, 6) is -0.807. The number of fused-ring (bicyclic) bond motifs is 1. The molecule has 0 fully saturated rings. The maximum atomic E-state index is 12.0. The normalized spacial score (nSPS) is 15.4. The third-order valence-electron chi connectivity index (χ3n) is 2.68. The van der Waals surface area contributed by atoms with Crippen LogP contribution in [-0.2, 0) is 0 Å². The molecule has 0 bridgehead atoms. The molecule has 4 heteroatoms. The predicted octanol–water partition coefficient (Wildman–Crippen LogP) is 1.75. The second-order valence-corrected chi connectivity index (χ2v) is 3.70. The molecule has 4 nitrogen and oxygen atoms in total. The van der Waals surface area contributed by atoms with Crippen LogP contribution in [0, 0.1) is 11.3 Å². The van der Waals surface area contributed by atoms with Gasteiger partial charge in [-0.05, 0) is 18.6 Å². The lowest BCUT2D eigenvalue weighted by Gasteiger charge is -2.18. The van der Waals surface area contributed by atoms with Crippen LogP contribution in [0.4, 0.5) is 0 Å². The van der Waals surface area contributed by atoms with Gasteiger partial charge in [0.2, 0.25) is 0 Å². The van der Waals surface area contributed by atoms with Crippen LogP contribution >= 0.6 is 0 Å². The van der Waals surface area contributed by atoms with E-state index in [2.05, 4.69) is 6.58 Å². The quantitative estimate of drug-likeness (QED) is 0.582. The van der Waals surface area contributed by atoms with Crippen LogP contribution in [0.2, 0.25) is 0 Å². The van der Waals surface area contributed by atoms with Gasteiger partial charge in [-0.1, -0.05) is 18.2 Å². The zero-order valence-electron chi connectivity index (χ0n) is 9.09. The van der Waals surface area contributed by atoms with Gasteiger partial charge in [0.15, 0.2) is 0 Å². The second-order valence-electron chi connectivity index (χ2n) is 3.70. The lowest BCUT2D eigenvalue weighted by atomic mass is 10.1. The fourth-order valence-electron chi connectivity index (χ4n) is 1.86. The summed E-state index contributed by atoms with van der Waals surface area (Å²) >= 11 is 0. The van der Waals surface area contributed by atoms with Crippen LogP contribution in [0.15, 0.2) is 36.9 Å². The molecule has 2 amide bonds. The zero-order valence-corrected chi connectivity index (χ0v) is 9.09. The van der Waals surface area contributed by atoms with Crippen molar-refractivity contribution in [2.45, 2.75) is 12.5 Å². The molecule has 2 rings (SSSR count). The number of rotatable bonds is 3. The van der Waals surface area contributed by atoms with E-state index in [0.29, 0.717) is 11.1 Å². The fraction of sp³-hybridized carbons (Fsp3) is 0.154. The molecule has 0 spiro atoms. The summed E-state index contributed by atoms with van der Waals surface area (Å²) in [5.41, 5.74) is 0.726. The van der Waals surface area contributed by atoms with Gasteiger partial charge >= 0.3 is 0 Å². The Labute approximate surface area is 98.8 Å². The number of hydrogen-bond acceptors (Lipinski definition) is 3. The summed E-state index contributed by atoms with van der Waals surface area (Å²) in [4.78, 5) is 25.0. The maximum absolute atomic E-state index is 12.0. The lowest BCUT2D eigenvalue weighted by molar-refractivity contribution is 0.0620. The lowest BCUT2D eigenvalue weighted by Crippen LogP contribution is -2.38. The van der Waals surface area contributed by atoms with Crippen molar-refractivity contribution in [2.24, 2.45) is 0 Å². The molecule has 1 aromatic rings. The van der Waals surface area contributed by atoms with Crippen molar-refractivity contribution >= 4 is 11.8 Å². The summed E-state index contributed by atoms with van der Waals surface area (Å²) in [6.07, 6.45) is 1.80. The summed E-state index contributed by atoms with van der Waals surface area (Å²) in [6.45, 7) is 3.52. The van der Waals surface area contributed by atoms with Crippen LogP contribution in [0.25, 0.3) is 0 Å². The first-order valence-electron chi connectivity index (χ1n) is 5.18. The minimum atomic E-state index is -0.778. The third-order valence-corrected chi connectivity index (χ3v) is 2.68. The van der Waals surface area contributed by atoms with E-state index in [1.165, 1.54) is 6.08 Å². The number of hydrogen-bond donors (Lipinski definition) is 0. The van der Waals surface area contributed by atoms with Crippen molar-refractivity contribution in [3.8, 4) is 6.07 Å². The first-order chi connectivity index (χ1) is 8.20. The molecule has 0 aromatic heterocycles. The Balaban J connectivity index is 2.42. The van der Waals surface area contributed by atoms with Crippen LogP contribution in [0.1, 0.15) is 27.1 Å². The van der Waals surface area contributed by atoms with E-state index in [0.717, 1.165) is 4.90 Å². The minimum Gasteiger partial charge on any atom is -0.269 e. The molecule has 1 unspecified atom stereocenters. The Bertz CT molecular complexity index is 508. The highest BCUT2D eigenvalue weighted by molar-refractivity contribution is 6.21. The van der Waals surface area contributed by atoms with E-state index >= 15 is 0 Å². The van der Waals surface area contributed by atoms with Crippen molar-refractivity contribution in [3.05, 3.63) is 48.0 Å². The highest BCUT2D eigenvalue weighted by Gasteiger charge is 2.39. The Morgan fingerprint density at radius 1 is 1.29 bits per heavy atom. The van der Waals surface area contributed by atoms with Gasteiger partial charge in [0.05, 0.1) is 17.2 Å². The Morgan fingerprint density at radius 3 is 2.24 bits per heavy atom. The van der Waals surface area contributed by atoms with Gasteiger partial charge in [-0.25, -0.2) is 0 Å². The van der Waals surface area contributed by atoms with Gasteiger partial charge in [0, 0.05) is 0 Å². The van der Waals surface area contributed by atoms with E-state index in [4.69, 9.17) is 5.26 Å². The molecule has 0 radical (unpaired) electrons. The van der Waals surface area contributed by atoms with Crippen molar-refractivity contribution in [1.29, 1.82) is 5.26 Å². The number of nitrogens with zero attached hydrogens (tertiary/aromatic N) is 2. The number of imide groups is 1. The van der Waals surface area contributed by atoms with E-state index in [9.17, 15) is 9.59 Å². The van der Waals surface area contributed by atoms with Crippen molar-refractivity contribution < 1.29 is 9.59 Å². The predicted molar refractivity (Wildman–Crippen MR) is 61.2 cm³/mol. The standard InChI is InChI=1S/C13H10N2O2/c1-2-5-9(8-14)15-12(16)10-6-3-4-7-11(10)13(15)17/h2-4,6-7,9H,1,5H2. The highest BCUT2D eigenvalue weighted by atomic mass is 16.2. The van der Waals surface area contributed by atoms with Crippen LogP contribution in [0.3, 0.4) is 0 Å². The number of amides is 2. The topological polar surface area (TPSA) is 61.2 Å². The minimum absolute atomic E-state index is 0.280. The molecule has 0 aliphatic carbocycles. The third kappa shape index (κ3) is 1.62. The smallest absolute Gasteiger partial charge is 0.262 e. The molecule has 84 valence electrons. The van der Waals surface area contributed by atoms with E-state index in [1.54, 1.807) is 24.3 Å². The summed E-state index contributed by atoms with van der Waals surface area (Å²) < 4.78 is 0. The molecular weight excluding hydrogens is 216 g/mol. The highest BCUT2D eigenvalue weighted by Crippen LogP contribution is 2.25. The number of nitriles is 1. The molecule has 0 saturated heterocycles. The molecular formula is C13H10N2O2. The van der Waals surface area contributed by atoms with Crippen LogP contribution < -0.4 is 0 Å². The van der Waals surface area contributed by atoms with E-state index in [-0.39, 0.29) is 6.42 Å². The Kier molecular flexibility index (Phi) is 2.75. The average molecular weight is 226 g/mol. The van der Waals surface area contributed by atoms with E-state index in [1.807, 2.05) is 6.07 Å². The molecule has 1 aliphatic heterocycles. The van der Waals surface area contributed by atoms with Crippen LogP contribution in [-0.4, -0.2) is 22.8 Å². The molecule has 17 heavy (non-hydrogen) atoms. The molecule has 0 saturated carbocycles. The maximum Gasteiger partial charge on any atom is 0.262 e. The summed E-state index contributed by atoms with van der Waals surface area (Å²) in [7, 11) is 0. The van der Waals surface area contributed by atoms with Gasteiger partial charge in [0.25, 0.3) is 11.8 Å². The fourth-order valence-corrected chi connectivity index (χ4v) is 1.86. The van der Waals surface area contributed by atoms with Gasteiger partial charge < -0.3 is 0 Å². The monoisotopic (exact) mass is 226 g/mol. The van der Waals surface area contributed by atoms with Crippen molar-refractivity contribution in [2.75, 3.05) is 0 Å². The number of benzene rings is 1. The molecule has 0 N–H and O–H groups in total. The molecule has 1 atom stereocenters. The van der Waals surface area contributed by atoms with E-state index < -0.39 is 17.9 Å². The Hall–Kier alpha value is -2.41. The zero-order chi connectivity index (χ0) is 12.4. The number of carbonyl (C=O) groups excluding carboxylic acids is 2. The first-order valence-corrected chi connectivity index (χ1v) is 5.18. The first kappa shape index (κ1) is 11.1. The van der Waals surface area contributed by atoms with Crippen LogP contribution in [0.5, 0.6) is 0 Å². The summed E-state index contributed by atoms with van der Waals surface area (Å²) in [5, 5.41) is 8.99. The summed E-state index contributed by atoms with van der Waals surface area (Å²) in [6, 6.07) is 7.76. The van der Waals surface area contributed by atoms with Gasteiger partial charge in [-0.15, -0.1) is 6.58 Å². The van der Waals surface area contributed by atoms with Crippen molar-refractivity contribution in [3.63, 3.8) is 0 Å². The Morgan fingerprint density at radius 2 is 1.82 bits per heavy atom. The average Bonchev–Trinajstić information content (AvgIpc) is 2.61. The largest absolute Gasteiger partial charge is 0.269 e.